The molecule has 5 heteroatoms. The summed E-state index contributed by atoms with van der Waals surface area (Å²) in [5.74, 6) is -2.30. The van der Waals surface area contributed by atoms with Crippen LogP contribution in [-0.2, 0) is 11.2 Å². The van der Waals surface area contributed by atoms with Gasteiger partial charge in [0.2, 0.25) is 0 Å². The highest BCUT2D eigenvalue weighted by Gasteiger charge is 2.40. The van der Waals surface area contributed by atoms with Crippen molar-refractivity contribution in [1.82, 2.24) is 0 Å². The fraction of sp³-hybridized carbons (Fsp3) is 0.500. The number of aliphatic carboxylic acids is 1. The highest BCUT2D eigenvalue weighted by atomic mass is 16.4. The number of carbonyl (C=O) groups is 1. The summed E-state index contributed by atoms with van der Waals surface area (Å²) in [6, 6.07) is 9.80. The molecule has 0 radical (unpaired) electrons. The first-order valence-corrected chi connectivity index (χ1v) is 7.93. The quantitative estimate of drug-likeness (QED) is 0.616. The molecule has 1 aromatic carbocycles. The molecule has 1 aliphatic carbocycles. The largest absolute Gasteiger partial charge is 0.550 e. The summed E-state index contributed by atoms with van der Waals surface area (Å²) in [6.07, 6.45) is 1.98. The molecule has 1 saturated carbocycles. The molecule has 0 aromatic heterocycles. The molecule has 0 heterocycles. The van der Waals surface area contributed by atoms with E-state index < -0.39 is 36.1 Å². The molecule has 1 aromatic rings. The van der Waals surface area contributed by atoms with Crippen LogP contribution in [0, 0.1) is 11.8 Å². The standard InChI is InChI=1S/C18H24O5/c19-13(7-6-12-4-2-1-3-5-12)8-9-14-15(10-18(22)23)17(21)11-16(14)20/h1-5,8-9,13-17,19-21H,6-7,10-11H2,(H,22,23)/p-1/b9-8+/t13-,14+,15?,16+,17-/m0/s1. The third kappa shape index (κ3) is 5.16. The van der Waals surface area contributed by atoms with Crippen molar-refractivity contribution < 1.29 is 25.2 Å². The minimum absolute atomic E-state index is 0.146. The first kappa shape index (κ1) is 17.7. The fourth-order valence-corrected chi connectivity index (χ4v) is 3.17. The van der Waals surface area contributed by atoms with Crippen molar-refractivity contribution in [2.24, 2.45) is 11.8 Å². The second-order valence-corrected chi connectivity index (χ2v) is 6.16. The predicted octanol–water partition coefficient (Wildman–Crippen LogP) is 0.0342. The van der Waals surface area contributed by atoms with E-state index in [0.717, 1.165) is 12.0 Å². The minimum Gasteiger partial charge on any atom is -0.550 e. The van der Waals surface area contributed by atoms with Crippen LogP contribution in [-0.4, -0.2) is 39.6 Å². The number of aryl methyl sites for hydroxylation is 1. The number of hydrogen-bond acceptors (Lipinski definition) is 5. The third-order valence-corrected chi connectivity index (χ3v) is 4.45. The molecule has 2 rings (SSSR count). The molecule has 1 aliphatic rings. The average Bonchev–Trinajstić information content (AvgIpc) is 2.77. The molecule has 0 spiro atoms. The molecule has 3 N–H and O–H groups in total. The van der Waals surface area contributed by atoms with Crippen molar-refractivity contribution in [3.63, 3.8) is 0 Å². The molecule has 5 atom stereocenters. The summed E-state index contributed by atoms with van der Waals surface area (Å²) >= 11 is 0. The molecule has 0 saturated heterocycles. The van der Waals surface area contributed by atoms with Crippen LogP contribution in [0.3, 0.4) is 0 Å². The first-order valence-electron chi connectivity index (χ1n) is 7.93. The monoisotopic (exact) mass is 319 g/mol. The topological polar surface area (TPSA) is 101 Å². The van der Waals surface area contributed by atoms with Gasteiger partial charge in [-0.3, -0.25) is 0 Å². The van der Waals surface area contributed by atoms with Crippen LogP contribution in [0.25, 0.3) is 0 Å². The van der Waals surface area contributed by atoms with Gasteiger partial charge in [0.15, 0.2) is 0 Å². The van der Waals surface area contributed by atoms with Crippen molar-refractivity contribution in [3.05, 3.63) is 48.0 Å². The number of carboxylic acid groups (broad SMARTS) is 1. The molecule has 23 heavy (non-hydrogen) atoms. The first-order chi connectivity index (χ1) is 11.0. The van der Waals surface area contributed by atoms with E-state index in [0.29, 0.717) is 6.42 Å². The Kier molecular flexibility index (Phi) is 6.33. The van der Waals surface area contributed by atoms with Crippen LogP contribution in [0.1, 0.15) is 24.8 Å². The maximum Gasteiger partial charge on any atom is 0.0724 e. The zero-order valence-corrected chi connectivity index (χ0v) is 12.9. The average molecular weight is 319 g/mol. The van der Waals surface area contributed by atoms with Gasteiger partial charge in [-0.25, -0.2) is 0 Å². The van der Waals surface area contributed by atoms with Gasteiger partial charge in [-0.15, -0.1) is 0 Å². The number of hydrogen-bond donors (Lipinski definition) is 3. The molecule has 126 valence electrons. The van der Waals surface area contributed by atoms with Crippen molar-refractivity contribution in [2.75, 3.05) is 0 Å². The van der Waals surface area contributed by atoms with Crippen LogP contribution >= 0.6 is 0 Å². The summed E-state index contributed by atoms with van der Waals surface area (Å²) in [6.45, 7) is 0. The van der Waals surface area contributed by atoms with Gasteiger partial charge in [-0.2, -0.15) is 0 Å². The van der Waals surface area contributed by atoms with Crippen LogP contribution in [0.15, 0.2) is 42.5 Å². The number of aliphatic hydroxyl groups is 3. The normalized spacial score (nSPS) is 29.0. The molecular formula is C18H23O5-. The Bertz CT molecular complexity index is 527. The summed E-state index contributed by atoms with van der Waals surface area (Å²) in [4.78, 5) is 10.8. The lowest BCUT2D eigenvalue weighted by Gasteiger charge is -2.21. The second-order valence-electron chi connectivity index (χ2n) is 6.16. The van der Waals surface area contributed by atoms with Crippen molar-refractivity contribution >= 4 is 5.97 Å². The lowest BCUT2D eigenvalue weighted by atomic mass is 9.90. The van der Waals surface area contributed by atoms with Gasteiger partial charge >= 0.3 is 0 Å². The molecule has 0 amide bonds. The Morgan fingerprint density at radius 3 is 2.61 bits per heavy atom. The van der Waals surface area contributed by atoms with Crippen molar-refractivity contribution in [1.29, 1.82) is 0 Å². The summed E-state index contributed by atoms with van der Waals surface area (Å²) in [5.41, 5.74) is 1.13. The molecular weight excluding hydrogens is 296 g/mol. The van der Waals surface area contributed by atoms with E-state index >= 15 is 0 Å². The lowest BCUT2D eigenvalue weighted by molar-refractivity contribution is -0.307. The highest BCUT2D eigenvalue weighted by Crippen LogP contribution is 2.35. The zero-order chi connectivity index (χ0) is 16.8. The van der Waals surface area contributed by atoms with Gasteiger partial charge < -0.3 is 25.2 Å². The third-order valence-electron chi connectivity index (χ3n) is 4.45. The molecule has 1 fully saturated rings. The van der Waals surface area contributed by atoms with Crippen LogP contribution in [0.4, 0.5) is 0 Å². The number of carboxylic acids is 1. The van der Waals surface area contributed by atoms with E-state index in [2.05, 4.69) is 0 Å². The Morgan fingerprint density at radius 2 is 1.96 bits per heavy atom. The van der Waals surface area contributed by atoms with Crippen LogP contribution in [0.2, 0.25) is 0 Å². The maximum absolute atomic E-state index is 10.8. The van der Waals surface area contributed by atoms with Gasteiger partial charge in [0.1, 0.15) is 0 Å². The van der Waals surface area contributed by atoms with E-state index in [1.54, 1.807) is 12.2 Å². The van der Waals surface area contributed by atoms with Crippen LogP contribution in [0.5, 0.6) is 0 Å². The van der Waals surface area contributed by atoms with Gasteiger partial charge in [0, 0.05) is 18.3 Å². The van der Waals surface area contributed by atoms with E-state index in [9.17, 15) is 25.2 Å². The predicted molar refractivity (Wildman–Crippen MR) is 83.1 cm³/mol. The summed E-state index contributed by atoms with van der Waals surface area (Å²) < 4.78 is 0. The van der Waals surface area contributed by atoms with Gasteiger partial charge in [-0.05, 0) is 30.7 Å². The van der Waals surface area contributed by atoms with Crippen molar-refractivity contribution in [3.8, 4) is 0 Å². The summed E-state index contributed by atoms with van der Waals surface area (Å²) in [5, 5.41) is 40.6. The highest BCUT2D eigenvalue weighted by molar-refractivity contribution is 5.64. The Morgan fingerprint density at radius 1 is 1.26 bits per heavy atom. The minimum atomic E-state index is -1.24. The SMILES string of the molecule is O=C([O-])CC1[C@@H](/C=C/[C@@H](O)CCc2ccccc2)[C@H](O)C[C@@H]1O. The van der Waals surface area contributed by atoms with E-state index in [4.69, 9.17) is 0 Å². The molecule has 5 nitrogen and oxygen atoms in total. The number of aliphatic hydroxyl groups excluding tert-OH is 3. The Labute approximate surface area is 135 Å². The molecule has 0 bridgehead atoms. The number of rotatable bonds is 7. The van der Waals surface area contributed by atoms with Crippen LogP contribution < -0.4 is 5.11 Å². The van der Waals surface area contributed by atoms with Gasteiger partial charge in [0.25, 0.3) is 0 Å². The second kappa shape index (κ2) is 8.24. The van der Waals surface area contributed by atoms with Gasteiger partial charge in [-0.1, -0.05) is 42.5 Å². The number of carbonyl (C=O) groups excluding carboxylic acids is 1. The molecule has 0 aliphatic heterocycles. The molecule has 1 unspecified atom stereocenters. The van der Waals surface area contributed by atoms with Gasteiger partial charge in [0.05, 0.1) is 18.3 Å². The Balaban J connectivity index is 1.90. The fourth-order valence-electron chi connectivity index (χ4n) is 3.17. The lowest BCUT2D eigenvalue weighted by Crippen LogP contribution is -2.31. The summed E-state index contributed by atoms with van der Waals surface area (Å²) in [7, 11) is 0. The van der Waals surface area contributed by atoms with E-state index in [-0.39, 0.29) is 12.8 Å². The maximum atomic E-state index is 10.8. The van der Waals surface area contributed by atoms with E-state index in [1.807, 2.05) is 30.3 Å². The zero-order valence-electron chi connectivity index (χ0n) is 12.9. The Hall–Kier alpha value is -1.69. The smallest absolute Gasteiger partial charge is 0.0724 e. The van der Waals surface area contributed by atoms with Crippen molar-refractivity contribution in [2.45, 2.75) is 44.0 Å². The van der Waals surface area contributed by atoms with E-state index in [1.165, 1.54) is 0 Å². The number of benzene rings is 1.